The Morgan fingerprint density at radius 3 is 1.74 bits per heavy atom. The SMILES string of the molecule is COc1ccc(NC(=O)COC(=O)c2ccccc2N2C(=O)[C@@H]3C4c5ccccc5C(c5ccccc54)[C@@H]3C2=O)cc1. The number of carbonyl (C=O) groups is 4. The summed E-state index contributed by atoms with van der Waals surface area (Å²) in [5.74, 6) is -3.02. The molecule has 8 heteroatoms. The fourth-order valence-electron chi connectivity index (χ4n) is 6.84. The van der Waals surface area contributed by atoms with Gasteiger partial charge in [-0.2, -0.15) is 0 Å². The first-order valence-electron chi connectivity index (χ1n) is 13.7. The number of amides is 3. The third kappa shape index (κ3) is 3.90. The molecule has 4 aliphatic rings. The number of ether oxygens (including phenoxy) is 2. The molecule has 208 valence electrons. The van der Waals surface area contributed by atoms with Gasteiger partial charge in [-0.3, -0.25) is 14.4 Å². The van der Waals surface area contributed by atoms with Crippen LogP contribution in [0.2, 0.25) is 0 Å². The van der Waals surface area contributed by atoms with Crippen molar-refractivity contribution in [1.29, 1.82) is 0 Å². The average molecular weight is 559 g/mol. The minimum absolute atomic E-state index is 0.0393. The first-order valence-corrected chi connectivity index (χ1v) is 13.7. The maximum atomic E-state index is 14.1. The molecule has 2 atom stereocenters. The zero-order chi connectivity index (χ0) is 29.0. The molecule has 0 aromatic heterocycles. The van der Waals surface area contributed by atoms with Crippen LogP contribution >= 0.6 is 0 Å². The van der Waals surface area contributed by atoms with Crippen LogP contribution in [0.1, 0.15) is 44.4 Å². The van der Waals surface area contributed by atoms with E-state index in [0.29, 0.717) is 11.4 Å². The van der Waals surface area contributed by atoms with Crippen LogP contribution in [0.25, 0.3) is 0 Å². The predicted octanol–water partition coefficient (Wildman–Crippen LogP) is 4.89. The van der Waals surface area contributed by atoms with Crippen molar-refractivity contribution in [2.24, 2.45) is 11.8 Å². The van der Waals surface area contributed by atoms with Crippen LogP contribution in [-0.2, 0) is 19.1 Å². The Kier molecular flexibility index (Phi) is 6.12. The molecule has 8 nitrogen and oxygen atoms in total. The second-order valence-corrected chi connectivity index (χ2v) is 10.6. The van der Waals surface area contributed by atoms with Crippen molar-refractivity contribution in [3.63, 3.8) is 0 Å². The first-order chi connectivity index (χ1) is 20.5. The van der Waals surface area contributed by atoms with E-state index in [9.17, 15) is 19.2 Å². The molecule has 0 spiro atoms. The number of carbonyl (C=O) groups excluding carboxylic acids is 4. The highest BCUT2D eigenvalue weighted by Crippen LogP contribution is 2.61. The quantitative estimate of drug-likeness (QED) is 0.267. The maximum absolute atomic E-state index is 14.1. The smallest absolute Gasteiger partial charge is 0.340 e. The number of benzene rings is 4. The van der Waals surface area contributed by atoms with Crippen LogP contribution in [0.15, 0.2) is 97.1 Å². The van der Waals surface area contributed by atoms with Crippen molar-refractivity contribution in [1.82, 2.24) is 0 Å². The minimum atomic E-state index is -0.805. The Hall–Kier alpha value is -5.24. The standard InChI is InChI=1S/C34H26N2O6/c1-41-20-16-14-19(15-17-20)35-27(37)18-42-34(40)25-12-6-7-13-26(25)36-32(38)30-28-21-8-2-3-9-22(21)29(31(30)33(36)39)24-11-5-4-10-23(24)28/h2-17,28-31H,18H2,1H3,(H,35,37)/t28?,29?,30-,31+. The number of rotatable bonds is 6. The number of hydrogen-bond acceptors (Lipinski definition) is 6. The Bertz CT molecular complexity index is 1650. The van der Waals surface area contributed by atoms with Crippen molar-refractivity contribution in [2.75, 3.05) is 23.9 Å². The molecule has 1 saturated heterocycles. The van der Waals surface area contributed by atoms with Crippen LogP contribution in [0.5, 0.6) is 5.75 Å². The molecule has 1 fully saturated rings. The number of anilines is 2. The molecule has 3 aliphatic carbocycles. The van der Waals surface area contributed by atoms with Gasteiger partial charge in [0.25, 0.3) is 5.91 Å². The Morgan fingerprint density at radius 1 is 0.714 bits per heavy atom. The zero-order valence-corrected chi connectivity index (χ0v) is 22.7. The van der Waals surface area contributed by atoms with E-state index in [0.717, 1.165) is 27.2 Å². The molecular formula is C34H26N2O6. The summed E-state index contributed by atoms with van der Waals surface area (Å²) in [6.45, 7) is -0.541. The van der Waals surface area contributed by atoms with Crippen molar-refractivity contribution >= 4 is 35.1 Å². The molecule has 1 aliphatic heterocycles. The largest absolute Gasteiger partial charge is 0.497 e. The summed E-state index contributed by atoms with van der Waals surface area (Å²) in [6.07, 6.45) is 0. The number of methoxy groups -OCH3 is 1. The second kappa shape index (κ2) is 9.99. The molecule has 4 aromatic rings. The fraction of sp³-hybridized carbons (Fsp3) is 0.176. The molecule has 8 rings (SSSR count). The molecule has 42 heavy (non-hydrogen) atoms. The van der Waals surface area contributed by atoms with Gasteiger partial charge in [-0.05, 0) is 58.7 Å². The molecule has 2 bridgehead atoms. The Labute approximate surface area is 241 Å². The highest BCUT2D eigenvalue weighted by molar-refractivity contribution is 6.25. The number of para-hydroxylation sites is 1. The fourth-order valence-corrected chi connectivity index (χ4v) is 6.84. The Morgan fingerprint density at radius 2 is 1.21 bits per heavy atom. The lowest BCUT2D eigenvalue weighted by molar-refractivity contribution is -0.122. The third-order valence-corrected chi connectivity index (χ3v) is 8.52. The van der Waals surface area contributed by atoms with Gasteiger partial charge in [0.1, 0.15) is 5.75 Å². The molecule has 1 heterocycles. The summed E-state index contributed by atoms with van der Waals surface area (Å²) in [4.78, 5) is 55.1. The van der Waals surface area contributed by atoms with E-state index in [2.05, 4.69) is 5.32 Å². The van der Waals surface area contributed by atoms with Crippen molar-refractivity contribution < 1.29 is 28.7 Å². The molecule has 1 N–H and O–H groups in total. The monoisotopic (exact) mass is 558 g/mol. The van der Waals surface area contributed by atoms with Gasteiger partial charge in [0.05, 0.1) is 30.2 Å². The number of esters is 1. The van der Waals surface area contributed by atoms with Crippen LogP contribution in [0.4, 0.5) is 11.4 Å². The van der Waals surface area contributed by atoms with Crippen molar-refractivity contribution in [3.05, 3.63) is 125 Å². The molecule has 0 unspecified atom stereocenters. The minimum Gasteiger partial charge on any atom is -0.497 e. The first kappa shape index (κ1) is 25.7. The normalized spacial score (nSPS) is 21.3. The van der Waals surface area contributed by atoms with Gasteiger partial charge in [0, 0.05) is 17.5 Å². The van der Waals surface area contributed by atoms with E-state index in [1.807, 2.05) is 48.5 Å². The summed E-state index contributed by atoms with van der Waals surface area (Å²) in [6, 6.07) is 29.1. The van der Waals surface area contributed by atoms with Gasteiger partial charge in [0.15, 0.2) is 6.61 Å². The average Bonchev–Trinajstić information content (AvgIpc) is 3.30. The number of nitrogens with zero attached hydrogens (tertiary/aromatic N) is 1. The van der Waals surface area contributed by atoms with E-state index in [-0.39, 0.29) is 34.9 Å². The van der Waals surface area contributed by atoms with Gasteiger partial charge in [-0.1, -0.05) is 60.7 Å². The molecular weight excluding hydrogens is 532 g/mol. The highest BCUT2D eigenvalue weighted by Gasteiger charge is 2.62. The van der Waals surface area contributed by atoms with E-state index < -0.39 is 30.3 Å². The second-order valence-electron chi connectivity index (χ2n) is 10.6. The Balaban J connectivity index is 1.16. The molecule has 4 aromatic carbocycles. The van der Waals surface area contributed by atoms with Crippen molar-refractivity contribution in [3.8, 4) is 5.75 Å². The predicted molar refractivity (Wildman–Crippen MR) is 154 cm³/mol. The lowest BCUT2D eigenvalue weighted by Gasteiger charge is -2.45. The number of nitrogens with one attached hydrogen (secondary N) is 1. The van der Waals surface area contributed by atoms with E-state index in [4.69, 9.17) is 9.47 Å². The third-order valence-electron chi connectivity index (χ3n) is 8.52. The van der Waals surface area contributed by atoms with Crippen LogP contribution < -0.4 is 15.0 Å². The number of hydrogen-bond donors (Lipinski definition) is 1. The summed E-state index contributed by atoms with van der Waals surface area (Å²) in [7, 11) is 1.55. The van der Waals surface area contributed by atoms with E-state index >= 15 is 0 Å². The zero-order valence-electron chi connectivity index (χ0n) is 22.7. The highest BCUT2D eigenvalue weighted by atomic mass is 16.5. The summed E-state index contributed by atoms with van der Waals surface area (Å²) in [5, 5.41) is 2.66. The topological polar surface area (TPSA) is 102 Å². The summed E-state index contributed by atoms with van der Waals surface area (Å²) >= 11 is 0. The summed E-state index contributed by atoms with van der Waals surface area (Å²) < 4.78 is 10.4. The van der Waals surface area contributed by atoms with Gasteiger partial charge in [0.2, 0.25) is 11.8 Å². The molecule has 0 radical (unpaired) electrons. The summed E-state index contributed by atoms with van der Waals surface area (Å²) in [5.41, 5.74) is 5.00. The van der Waals surface area contributed by atoms with Crippen LogP contribution in [0.3, 0.4) is 0 Å². The van der Waals surface area contributed by atoms with Crippen LogP contribution in [0, 0.1) is 11.8 Å². The van der Waals surface area contributed by atoms with E-state index in [1.165, 1.54) is 6.07 Å². The lowest BCUT2D eigenvalue weighted by atomic mass is 9.55. The van der Waals surface area contributed by atoms with Gasteiger partial charge >= 0.3 is 5.97 Å². The molecule has 3 amide bonds. The van der Waals surface area contributed by atoms with Crippen LogP contribution in [-0.4, -0.2) is 37.4 Å². The lowest BCUT2D eigenvalue weighted by Crippen LogP contribution is -2.41. The maximum Gasteiger partial charge on any atom is 0.340 e. The van der Waals surface area contributed by atoms with Crippen molar-refractivity contribution in [2.45, 2.75) is 11.8 Å². The number of imide groups is 1. The van der Waals surface area contributed by atoms with E-state index in [1.54, 1.807) is 49.6 Å². The van der Waals surface area contributed by atoms with Gasteiger partial charge in [-0.15, -0.1) is 0 Å². The van der Waals surface area contributed by atoms with Gasteiger partial charge < -0.3 is 14.8 Å². The molecule has 0 saturated carbocycles. The van der Waals surface area contributed by atoms with Gasteiger partial charge in [-0.25, -0.2) is 9.69 Å².